The minimum absolute atomic E-state index is 0.835. The molecular weight excluding hydrogens is 284 g/mol. The van der Waals surface area contributed by atoms with E-state index < -0.39 is 0 Å². The first-order valence-corrected chi connectivity index (χ1v) is 8.26. The number of nitrogens with zero attached hydrogens (tertiary/aromatic N) is 2. The van der Waals surface area contributed by atoms with Crippen LogP contribution in [0, 0.1) is 20.8 Å². The second-order valence-electron chi connectivity index (χ2n) is 4.91. The molecule has 20 heavy (non-hydrogen) atoms. The zero-order valence-corrected chi connectivity index (χ0v) is 13.4. The zero-order valence-electron chi connectivity index (χ0n) is 11.8. The highest BCUT2D eigenvalue weighted by atomic mass is 32.1. The summed E-state index contributed by atoms with van der Waals surface area (Å²) in [6.45, 7) is 6.29. The van der Waals surface area contributed by atoms with Crippen LogP contribution in [0.2, 0.25) is 0 Å². The maximum absolute atomic E-state index is 4.80. The normalized spacial score (nSPS) is 10.9. The van der Waals surface area contributed by atoms with E-state index in [1.807, 2.05) is 6.92 Å². The third kappa shape index (κ3) is 2.81. The van der Waals surface area contributed by atoms with Crippen LogP contribution in [0.3, 0.4) is 0 Å². The van der Waals surface area contributed by atoms with E-state index in [0.29, 0.717) is 0 Å². The molecule has 0 aliphatic carbocycles. The van der Waals surface area contributed by atoms with Crippen molar-refractivity contribution in [2.24, 2.45) is 0 Å². The van der Waals surface area contributed by atoms with Gasteiger partial charge in [-0.25, -0.2) is 9.97 Å². The molecule has 102 valence electrons. The number of hydrogen-bond acceptors (Lipinski definition) is 4. The number of benzene rings is 1. The maximum Gasteiger partial charge on any atom is 0.0995 e. The first-order chi connectivity index (χ1) is 9.61. The molecule has 0 spiro atoms. The summed E-state index contributed by atoms with van der Waals surface area (Å²) < 4.78 is 0. The summed E-state index contributed by atoms with van der Waals surface area (Å²) in [5.74, 6) is 0. The van der Waals surface area contributed by atoms with Gasteiger partial charge in [0.15, 0.2) is 0 Å². The summed E-state index contributed by atoms with van der Waals surface area (Å²) in [6.07, 6.45) is 0.835. The monoisotopic (exact) mass is 300 g/mol. The van der Waals surface area contributed by atoms with Crippen molar-refractivity contribution in [3.63, 3.8) is 0 Å². The van der Waals surface area contributed by atoms with Crippen LogP contribution in [0.4, 0.5) is 0 Å². The molecule has 2 aromatic heterocycles. The first kappa shape index (κ1) is 13.5. The van der Waals surface area contributed by atoms with Crippen LogP contribution in [0.25, 0.3) is 11.3 Å². The molecule has 0 saturated heterocycles. The van der Waals surface area contributed by atoms with Gasteiger partial charge in [-0.05, 0) is 20.8 Å². The van der Waals surface area contributed by atoms with Crippen LogP contribution in [-0.2, 0) is 6.42 Å². The molecule has 0 bridgehead atoms. The molecule has 0 unspecified atom stereocenters. The Morgan fingerprint density at radius 2 is 1.75 bits per heavy atom. The van der Waals surface area contributed by atoms with Crippen molar-refractivity contribution in [2.75, 3.05) is 0 Å². The molecule has 2 nitrogen and oxygen atoms in total. The Morgan fingerprint density at radius 1 is 1.00 bits per heavy atom. The van der Waals surface area contributed by atoms with Gasteiger partial charge < -0.3 is 0 Å². The summed E-state index contributed by atoms with van der Waals surface area (Å²) in [5, 5.41) is 4.38. The van der Waals surface area contributed by atoms with Crippen LogP contribution >= 0.6 is 22.7 Å². The predicted octanol–water partition coefficient (Wildman–Crippen LogP) is 4.78. The van der Waals surface area contributed by atoms with Gasteiger partial charge in [-0.2, -0.15) is 0 Å². The molecule has 0 aliphatic rings. The molecule has 0 atom stereocenters. The molecule has 2 heterocycles. The van der Waals surface area contributed by atoms with Gasteiger partial charge in [-0.1, -0.05) is 29.8 Å². The molecule has 0 fully saturated rings. The summed E-state index contributed by atoms with van der Waals surface area (Å²) in [6, 6.07) is 8.57. The van der Waals surface area contributed by atoms with Crippen molar-refractivity contribution in [1.82, 2.24) is 9.97 Å². The SMILES string of the molecule is Cc1ccc(-c2nc(Cc3csc(C)n3)sc2C)cc1. The van der Waals surface area contributed by atoms with Crippen molar-refractivity contribution < 1.29 is 0 Å². The average molecular weight is 300 g/mol. The van der Waals surface area contributed by atoms with Gasteiger partial charge in [0.05, 0.1) is 21.4 Å². The Labute approximate surface area is 127 Å². The second kappa shape index (κ2) is 5.46. The largest absolute Gasteiger partial charge is 0.246 e. The number of thiazole rings is 2. The van der Waals surface area contributed by atoms with Crippen LogP contribution in [0.5, 0.6) is 0 Å². The highest BCUT2D eigenvalue weighted by molar-refractivity contribution is 7.12. The lowest BCUT2D eigenvalue weighted by Gasteiger charge is -1.99. The highest BCUT2D eigenvalue weighted by Crippen LogP contribution is 2.29. The van der Waals surface area contributed by atoms with Gasteiger partial charge in [-0.3, -0.25) is 0 Å². The third-order valence-electron chi connectivity index (χ3n) is 3.16. The minimum Gasteiger partial charge on any atom is -0.246 e. The van der Waals surface area contributed by atoms with Gasteiger partial charge in [0.2, 0.25) is 0 Å². The fourth-order valence-electron chi connectivity index (χ4n) is 2.15. The van der Waals surface area contributed by atoms with Crippen molar-refractivity contribution in [2.45, 2.75) is 27.2 Å². The second-order valence-corrected chi connectivity index (χ2v) is 7.26. The topological polar surface area (TPSA) is 25.8 Å². The molecule has 0 radical (unpaired) electrons. The molecule has 0 saturated carbocycles. The number of rotatable bonds is 3. The van der Waals surface area contributed by atoms with E-state index in [9.17, 15) is 0 Å². The molecule has 1 aromatic carbocycles. The maximum atomic E-state index is 4.80. The first-order valence-electron chi connectivity index (χ1n) is 6.56. The number of hydrogen-bond donors (Lipinski definition) is 0. The Hall–Kier alpha value is -1.52. The zero-order chi connectivity index (χ0) is 14.1. The average Bonchev–Trinajstić information content (AvgIpc) is 2.97. The van der Waals surface area contributed by atoms with Crippen LogP contribution < -0.4 is 0 Å². The third-order valence-corrected chi connectivity index (χ3v) is 4.96. The van der Waals surface area contributed by atoms with Gasteiger partial charge in [0.25, 0.3) is 0 Å². The standard InChI is InChI=1S/C16H16N2S2/c1-10-4-6-13(7-5-10)16-11(2)20-15(18-16)8-14-9-19-12(3)17-14/h4-7,9H,8H2,1-3H3. The molecule has 3 rings (SSSR count). The van der Waals surface area contributed by atoms with Crippen LogP contribution in [-0.4, -0.2) is 9.97 Å². The van der Waals surface area contributed by atoms with E-state index in [4.69, 9.17) is 4.98 Å². The highest BCUT2D eigenvalue weighted by Gasteiger charge is 2.11. The fourth-order valence-corrected chi connectivity index (χ4v) is 3.73. The molecule has 0 amide bonds. The summed E-state index contributed by atoms with van der Waals surface area (Å²) in [4.78, 5) is 10.6. The van der Waals surface area contributed by atoms with Crippen LogP contribution in [0.1, 0.15) is 26.1 Å². The van der Waals surface area contributed by atoms with Crippen molar-refractivity contribution in [3.05, 3.63) is 55.8 Å². The van der Waals surface area contributed by atoms with E-state index >= 15 is 0 Å². The van der Waals surface area contributed by atoms with E-state index in [2.05, 4.69) is 48.5 Å². The Kier molecular flexibility index (Phi) is 3.68. The lowest BCUT2D eigenvalue weighted by Crippen LogP contribution is -1.88. The van der Waals surface area contributed by atoms with Crippen molar-refractivity contribution >= 4 is 22.7 Å². The minimum atomic E-state index is 0.835. The quantitative estimate of drug-likeness (QED) is 0.695. The smallest absolute Gasteiger partial charge is 0.0995 e. The molecule has 0 aliphatic heterocycles. The predicted molar refractivity (Wildman–Crippen MR) is 86.7 cm³/mol. The Morgan fingerprint density at radius 3 is 2.40 bits per heavy atom. The van der Waals surface area contributed by atoms with E-state index in [1.54, 1.807) is 22.7 Å². The lowest BCUT2D eigenvalue weighted by atomic mass is 10.1. The number of aromatic nitrogens is 2. The molecule has 4 heteroatoms. The van der Waals surface area contributed by atoms with Crippen molar-refractivity contribution in [1.29, 1.82) is 0 Å². The summed E-state index contributed by atoms with van der Waals surface area (Å²) in [7, 11) is 0. The Balaban J connectivity index is 1.89. The van der Waals surface area contributed by atoms with Gasteiger partial charge >= 0.3 is 0 Å². The van der Waals surface area contributed by atoms with Gasteiger partial charge in [-0.15, -0.1) is 22.7 Å². The van der Waals surface area contributed by atoms with Crippen molar-refractivity contribution in [3.8, 4) is 11.3 Å². The lowest BCUT2D eigenvalue weighted by molar-refractivity contribution is 1.06. The van der Waals surface area contributed by atoms with Gasteiger partial charge in [0.1, 0.15) is 0 Å². The fraction of sp³-hybridized carbons (Fsp3) is 0.250. The van der Waals surface area contributed by atoms with E-state index in [0.717, 1.165) is 27.8 Å². The summed E-state index contributed by atoms with van der Waals surface area (Å²) >= 11 is 3.47. The number of aryl methyl sites for hydroxylation is 3. The van der Waals surface area contributed by atoms with Gasteiger partial charge in [0, 0.05) is 22.2 Å². The van der Waals surface area contributed by atoms with Crippen LogP contribution in [0.15, 0.2) is 29.6 Å². The molecule has 3 aromatic rings. The van der Waals surface area contributed by atoms with E-state index in [-0.39, 0.29) is 0 Å². The molecule has 0 N–H and O–H groups in total. The summed E-state index contributed by atoms with van der Waals surface area (Å²) in [5.41, 5.74) is 4.71. The molecular formula is C16H16N2S2. The Bertz CT molecular complexity index is 723. The van der Waals surface area contributed by atoms with E-state index in [1.165, 1.54) is 16.0 Å².